The Balaban J connectivity index is 1.75. The summed E-state index contributed by atoms with van der Waals surface area (Å²) in [6.07, 6.45) is 0.920. The van der Waals surface area contributed by atoms with E-state index in [2.05, 4.69) is 32.0 Å². The molecular weight excluding hydrogens is 310 g/mol. The summed E-state index contributed by atoms with van der Waals surface area (Å²) in [6, 6.07) is 5.59. The average molecular weight is 331 g/mol. The first kappa shape index (κ1) is 16.2. The highest BCUT2D eigenvalue weighted by molar-refractivity contribution is 5.68. The van der Waals surface area contributed by atoms with Crippen molar-refractivity contribution in [1.82, 2.24) is 25.9 Å². The van der Waals surface area contributed by atoms with Gasteiger partial charge in [0.05, 0.1) is 6.61 Å². The lowest BCUT2D eigenvalue weighted by Gasteiger charge is -2.22. The third-order valence-electron chi connectivity index (χ3n) is 3.56. The minimum absolute atomic E-state index is 0.414. The lowest BCUT2D eigenvalue weighted by molar-refractivity contribution is 0.0501. The number of ether oxygens (including phenoxy) is 2. The summed E-state index contributed by atoms with van der Waals surface area (Å²) in [4.78, 5) is 12.1. The highest BCUT2D eigenvalue weighted by Gasteiger charge is 2.24. The Hall–Kier alpha value is -2.64. The van der Waals surface area contributed by atoms with Crippen molar-refractivity contribution >= 4 is 6.09 Å². The van der Waals surface area contributed by atoms with Crippen LogP contribution in [0.5, 0.6) is 5.75 Å². The Morgan fingerprint density at radius 3 is 3.00 bits per heavy atom. The van der Waals surface area contributed by atoms with E-state index in [1.165, 1.54) is 5.56 Å². The molecule has 1 aromatic heterocycles. The van der Waals surface area contributed by atoms with E-state index in [-0.39, 0.29) is 0 Å². The Bertz CT molecular complexity index is 709. The van der Waals surface area contributed by atoms with E-state index in [4.69, 9.17) is 9.47 Å². The summed E-state index contributed by atoms with van der Waals surface area (Å²) >= 11 is 0. The van der Waals surface area contributed by atoms with Crippen molar-refractivity contribution < 1.29 is 14.3 Å². The topological polar surface area (TPSA) is 102 Å². The number of tetrazole rings is 1. The summed E-state index contributed by atoms with van der Waals surface area (Å²) in [7, 11) is 0. The van der Waals surface area contributed by atoms with Crippen molar-refractivity contribution in [3.63, 3.8) is 0 Å². The standard InChI is InChI=1S/C16H21N5O3/c1-16(2,3)24-15(22)17-12(14-18-20-21-19-14)9-10-4-5-13-11(8-10)6-7-23-13/h4-5,8,12H,6-7,9H2,1-3H3,(H,17,22)(H,18,19,20,21)/t12-/m0/s1. The van der Waals surface area contributed by atoms with Gasteiger partial charge in [-0.25, -0.2) is 4.79 Å². The number of alkyl carbamates (subject to hydrolysis) is 1. The molecule has 2 N–H and O–H groups in total. The Kier molecular flexibility index (Phi) is 4.37. The molecule has 1 atom stereocenters. The van der Waals surface area contributed by atoms with Crippen molar-refractivity contribution in [3.8, 4) is 5.75 Å². The molecule has 0 unspecified atom stereocenters. The van der Waals surface area contributed by atoms with Gasteiger partial charge in [-0.05, 0) is 38.0 Å². The molecule has 1 aliphatic heterocycles. The number of rotatable bonds is 4. The second-order valence-electron chi connectivity index (χ2n) is 6.71. The fourth-order valence-electron chi connectivity index (χ4n) is 2.58. The van der Waals surface area contributed by atoms with Crippen molar-refractivity contribution in [2.24, 2.45) is 0 Å². The Morgan fingerprint density at radius 2 is 2.29 bits per heavy atom. The molecule has 3 rings (SSSR count). The normalized spacial score (nSPS) is 14.6. The number of nitrogens with zero attached hydrogens (tertiary/aromatic N) is 3. The van der Waals surface area contributed by atoms with E-state index in [0.717, 1.165) is 17.7 Å². The van der Waals surface area contributed by atoms with Crippen molar-refractivity contribution in [2.75, 3.05) is 6.61 Å². The van der Waals surface area contributed by atoms with Gasteiger partial charge in [0.15, 0.2) is 5.82 Å². The van der Waals surface area contributed by atoms with Crippen molar-refractivity contribution in [1.29, 1.82) is 0 Å². The molecule has 24 heavy (non-hydrogen) atoms. The first-order chi connectivity index (χ1) is 11.4. The zero-order valence-electron chi connectivity index (χ0n) is 14.0. The molecular formula is C16H21N5O3. The fourth-order valence-corrected chi connectivity index (χ4v) is 2.58. The van der Waals surface area contributed by atoms with Gasteiger partial charge in [-0.15, -0.1) is 10.2 Å². The highest BCUT2D eigenvalue weighted by Crippen LogP contribution is 2.27. The maximum Gasteiger partial charge on any atom is 0.408 e. The van der Waals surface area contributed by atoms with Gasteiger partial charge in [0.25, 0.3) is 0 Å². The summed E-state index contributed by atoms with van der Waals surface area (Å²) in [5.41, 5.74) is 1.67. The molecule has 0 saturated carbocycles. The Labute approximate surface area is 139 Å². The van der Waals surface area contributed by atoms with Gasteiger partial charge in [0.1, 0.15) is 17.4 Å². The number of aromatic nitrogens is 4. The summed E-state index contributed by atoms with van der Waals surface area (Å²) < 4.78 is 10.8. The van der Waals surface area contributed by atoms with Gasteiger partial charge < -0.3 is 14.8 Å². The van der Waals surface area contributed by atoms with Crippen LogP contribution in [0, 0.1) is 0 Å². The average Bonchev–Trinajstić information content (AvgIpc) is 3.15. The number of benzene rings is 1. The lowest BCUT2D eigenvalue weighted by atomic mass is 10.0. The molecule has 0 spiro atoms. The van der Waals surface area contributed by atoms with Crippen molar-refractivity contribution in [3.05, 3.63) is 35.2 Å². The van der Waals surface area contributed by atoms with Gasteiger partial charge in [-0.1, -0.05) is 17.3 Å². The summed E-state index contributed by atoms with van der Waals surface area (Å²) in [5, 5.41) is 16.8. The molecule has 8 nitrogen and oxygen atoms in total. The number of fused-ring (bicyclic) bond motifs is 1. The summed E-state index contributed by atoms with van der Waals surface area (Å²) in [6.45, 7) is 6.16. The number of hydrogen-bond donors (Lipinski definition) is 2. The maximum atomic E-state index is 12.1. The Morgan fingerprint density at radius 1 is 1.46 bits per heavy atom. The number of carbonyl (C=O) groups excluding carboxylic acids is 1. The predicted molar refractivity (Wildman–Crippen MR) is 85.6 cm³/mol. The maximum absolute atomic E-state index is 12.1. The smallest absolute Gasteiger partial charge is 0.408 e. The SMILES string of the molecule is CC(C)(C)OC(=O)N[C@@H](Cc1ccc2c(c1)CCO2)c1nn[nH]n1. The largest absolute Gasteiger partial charge is 0.493 e. The molecule has 1 aliphatic rings. The number of amides is 1. The number of carbonyl (C=O) groups is 1. The van der Waals surface area contributed by atoms with E-state index in [9.17, 15) is 4.79 Å². The minimum Gasteiger partial charge on any atom is -0.493 e. The van der Waals surface area contributed by atoms with Crippen molar-refractivity contribution in [2.45, 2.75) is 45.3 Å². The van der Waals surface area contributed by atoms with Crippen LogP contribution in [0.2, 0.25) is 0 Å². The molecule has 2 heterocycles. The molecule has 0 saturated heterocycles. The fraction of sp³-hybridized carbons (Fsp3) is 0.500. The zero-order valence-corrected chi connectivity index (χ0v) is 14.0. The van der Waals surface area contributed by atoms with Crippen LogP contribution >= 0.6 is 0 Å². The van der Waals surface area contributed by atoms with Gasteiger partial charge in [-0.3, -0.25) is 0 Å². The van der Waals surface area contributed by atoms with Gasteiger partial charge in [0.2, 0.25) is 0 Å². The monoisotopic (exact) mass is 331 g/mol. The van der Waals surface area contributed by atoms with E-state index in [1.807, 2.05) is 32.9 Å². The highest BCUT2D eigenvalue weighted by atomic mass is 16.6. The first-order valence-corrected chi connectivity index (χ1v) is 7.88. The van der Waals surface area contributed by atoms with E-state index >= 15 is 0 Å². The minimum atomic E-state index is -0.573. The molecule has 0 aliphatic carbocycles. The number of aromatic amines is 1. The summed E-state index contributed by atoms with van der Waals surface area (Å²) in [5.74, 6) is 1.34. The van der Waals surface area contributed by atoms with Crippen LogP contribution in [-0.4, -0.2) is 38.9 Å². The first-order valence-electron chi connectivity index (χ1n) is 7.88. The van der Waals surface area contributed by atoms with E-state index in [0.29, 0.717) is 18.9 Å². The van der Waals surface area contributed by atoms with Crippen LogP contribution in [0.25, 0.3) is 0 Å². The van der Waals surface area contributed by atoms with Crippen LogP contribution in [0.1, 0.15) is 43.8 Å². The second-order valence-corrected chi connectivity index (χ2v) is 6.71. The van der Waals surface area contributed by atoms with Gasteiger partial charge in [0, 0.05) is 12.8 Å². The molecule has 0 bridgehead atoms. The van der Waals surface area contributed by atoms with Crippen LogP contribution in [-0.2, 0) is 17.6 Å². The number of hydrogen-bond acceptors (Lipinski definition) is 6. The third kappa shape index (κ3) is 4.01. The quantitative estimate of drug-likeness (QED) is 0.888. The molecule has 1 amide bonds. The molecule has 0 fully saturated rings. The van der Waals surface area contributed by atoms with E-state index < -0.39 is 17.7 Å². The van der Waals surface area contributed by atoms with Crippen LogP contribution in [0.15, 0.2) is 18.2 Å². The molecule has 1 aromatic carbocycles. The van der Waals surface area contributed by atoms with Gasteiger partial charge in [-0.2, -0.15) is 5.21 Å². The zero-order chi connectivity index (χ0) is 17.2. The number of H-pyrrole nitrogens is 1. The molecule has 8 heteroatoms. The van der Waals surface area contributed by atoms with Crippen LogP contribution in [0.4, 0.5) is 4.79 Å². The third-order valence-corrected chi connectivity index (χ3v) is 3.56. The number of nitrogens with one attached hydrogen (secondary N) is 2. The van der Waals surface area contributed by atoms with E-state index in [1.54, 1.807) is 0 Å². The second kappa shape index (κ2) is 6.46. The molecule has 128 valence electrons. The van der Waals surface area contributed by atoms with Gasteiger partial charge >= 0.3 is 6.09 Å². The van der Waals surface area contributed by atoms with Crippen LogP contribution < -0.4 is 10.1 Å². The molecule has 0 radical (unpaired) electrons. The lowest BCUT2D eigenvalue weighted by Crippen LogP contribution is -2.36. The van der Waals surface area contributed by atoms with Crippen LogP contribution in [0.3, 0.4) is 0 Å². The molecule has 2 aromatic rings. The predicted octanol–water partition coefficient (Wildman–Crippen LogP) is 1.94.